The molecule has 2 aromatic rings. The molecule has 4 heteroatoms. The van der Waals surface area contributed by atoms with Crippen molar-refractivity contribution in [1.82, 2.24) is 0 Å². The molecule has 0 spiro atoms. The van der Waals surface area contributed by atoms with Gasteiger partial charge < -0.3 is 13.1 Å². The molecule has 2 N–H and O–H groups in total. The van der Waals surface area contributed by atoms with Crippen molar-refractivity contribution in [3.63, 3.8) is 0 Å². The standard InChI is InChI=1S/C12H10O2S.Be.2H/c13-9-1-5-11(6-2-9)15-12-7-3-10(14)4-8-12;;;/h1-8,13-14H;;;/q;+2;2*-1. The number of phenolic OH excluding ortho intramolecular Hbond substituents is 2. The van der Waals surface area contributed by atoms with Crippen LogP contribution in [0.5, 0.6) is 11.5 Å². The minimum Gasteiger partial charge on any atom is -1.00 e. The number of aromatic hydroxyl groups is 2. The van der Waals surface area contributed by atoms with E-state index in [2.05, 4.69) is 0 Å². The van der Waals surface area contributed by atoms with E-state index in [-0.39, 0.29) is 24.5 Å². The second-order valence-electron chi connectivity index (χ2n) is 3.09. The van der Waals surface area contributed by atoms with Crippen molar-refractivity contribution in [2.45, 2.75) is 9.79 Å². The van der Waals surface area contributed by atoms with E-state index in [0.29, 0.717) is 0 Å². The summed E-state index contributed by atoms with van der Waals surface area (Å²) in [4.78, 5) is 2.11. The quantitative estimate of drug-likeness (QED) is 0.777. The molecular formula is C12H12BeO2S. The van der Waals surface area contributed by atoms with Gasteiger partial charge in [-0.1, -0.05) is 11.8 Å². The Labute approximate surface area is 105 Å². The Hall–Kier alpha value is -1.44. The van der Waals surface area contributed by atoms with Crippen molar-refractivity contribution in [3.8, 4) is 11.5 Å². The number of hydrogen-bond donors (Lipinski definition) is 2. The largest absolute Gasteiger partial charge is 2.00 e. The van der Waals surface area contributed by atoms with E-state index in [1.165, 1.54) is 0 Å². The fourth-order valence-electron chi connectivity index (χ4n) is 1.16. The minimum atomic E-state index is 0. The maximum atomic E-state index is 9.12. The molecule has 80 valence electrons. The van der Waals surface area contributed by atoms with Crippen molar-refractivity contribution in [2.75, 3.05) is 0 Å². The van der Waals surface area contributed by atoms with Gasteiger partial charge in [0.25, 0.3) is 0 Å². The molecule has 2 rings (SSSR count). The molecule has 0 aliphatic heterocycles. The summed E-state index contributed by atoms with van der Waals surface area (Å²) in [5.41, 5.74) is 0. The van der Waals surface area contributed by atoms with Crippen LogP contribution in [0.1, 0.15) is 2.85 Å². The second-order valence-corrected chi connectivity index (χ2v) is 4.24. The van der Waals surface area contributed by atoms with Crippen LogP contribution in [0.4, 0.5) is 0 Å². The van der Waals surface area contributed by atoms with E-state index in [4.69, 9.17) is 10.2 Å². The summed E-state index contributed by atoms with van der Waals surface area (Å²) in [5, 5.41) is 18.2. The molecule has 2 aromatic carbocycles. The molecule has 16 heavy (non-hydrogen) atoms. The van der Waals surface area contributed by atoms with Crippen LogP contribution in [0.25, 0.3) is 0 Å². The Balaban J connectivity index is 0. The van der Waals surface area contributed by atoms with Gasteiger partial charge in [0.05, 0.1) is 0 Å². The fraction of sp³-hybridized carbons (Fsp3) is 0. The number of benzene rings is 2. The second kappa shape index (κ2) is 5.59. The molecule has 0 bridgehead atoms. The Morgan fingerprint density at radius 3 is 1.31 bits per heavy atom. The monoisotopic (exact) mass is 229 g/mol. The Kier molecular flexibility index (Phi) is 4.41. The number of rotatable bonds is 2. The fourth-order valence-corrected chi connectivity index (χ4v) is 1.98. The predicted octanol–water partition coefficient (Wildman–Crippen LogP) is 3.09. The molecule has 0 fully saturated rings. The van der Waals surface area contributed by atoms with Gasteiger partial charge in [0.2, 0.25) is 0 Å². The summed E-state index contributed by atoms with van der Waals surface area (Å²) in [6, 6.07) is 14.0. The molecule has 0 unspecified atom stereocenters. The van der Waals surface area contributed by atoms with Gasteiger partial charge in [0.15, 0.2) is 0 Å². The number of hydrogen-bond acceptors (Lipinski definition) is 3. The Bertz CT molecular complexity index is 405. The van der Waals surface area contributed by atoms with E-state index in [9.17, 15) is 0 Å². The van der Waals surface area contributed by atoms with Gasteiger partial charge in [-0.2, -0.15) is 0 Å². The van der Waals surface area contributed by atoms with Crippen LogP contribution < -0.4 is 0 Å². The van der Waals surface area contributed by atoms with E-state index in [1.54, 1.807) is 36.0 Å². The zero-order valence-electron chi connectivity index (χ0n) is 10.6. The van der Waals surface area contributed by atoms with Gasteiger partial charge in [0, 0.05) is 9.79 Å². The third-order valence-corrected chi connectivity index (χ3v) is 2.92. The predicted molar refractivity (Wildman–Crippen MR) is 68.3 cm³/mol. The van der Waals surface area contributed by atoms with Gasteiger partial charge in [-0.05, 0) is 48.5 Å². The molecule has 0 atom stereocenters. The Morgan fingerprint density at radius 1 is 0.688 bits per heavy atom. The zero-order chi connectivity index (χ0) is 10.7. The van der Waals surface area contributed by atoms with Gasteiger partial charge in [0.1, 0.15) is 11.5 Å². The first-order valence-corrected chi connectivity index (χ1v) is 5.31. The summed E-state index contributed by atoms with van der Waals surface area (Å²) in [5.74, 6) is 0.537. The molecule has 0 saturated carbocycles. The van der Waals surface area contributed by atoms with Gasteiger partial charge in [-0.3, -0.25) is 0 Å². The van der Waals surface area contributed by atoms with Gasteiger partial charge in [-0.15, -0.1) is 0 Å². The smallest absolute Gasteiger partial charge is 1.00 e. The maximum absolute atomic E-state index is 9.12. The topological polar surface area (TPSA) is 40.5 Å². The summed E-state index contributed by atoms with van der Waals surface area (Å²) in [7, 11) is 0. The van der Waals surface area contributed by atoms with Gasteiger partial charge >= 0.3 is 10.1 Å². The molecule has 0 aliphatic rings. The molecule has 0 heterocycles. The van der Waals surface area contributed by atoms with E-state index < -0.39 is 0 Å². The molecule has 0 aliphatic carbocycles. The first-order chi connectivity index (χ1) is 7.24. The molecule has 0 radical (unpaired) electrons. The SMILES string of the molecule is Oc1ccc(Sc2ccc(O)cc2)cc1.[Be+2].[H-].[H-]. The molecule has 0 aromatic heterocycles. The molecule has 0 amide bonds. The van der Waals surface area contributed by atoms with Crippen LogP contribution in [-0.4, -0.2) is 20.3 Å². The third-order valence-electron chi connectivity index (χ3n) is 1.91. The van der Waals surface area contributed by atoms with Crippen LogP contribution in [-0.2, 0) is 0 Å². The van der Waals surface area contributed by atoms with Crippen molar-refractivity contribution in [3.05, 3.63) is 48.5 Å². The minimum absolute atomic E-state index is 0. The van der Waals surface area contributed by atoms with Crippen molar-refractivity contribution in [1.29, 1.82) is 0 Å². The van der Waals surface area contributed by atoms with Crippen LogP contribution in [0.3, 0.4) is 0 Å². The number of phenols is 2. The van der Waals surface area contributed by atoms with Crippen LogP contribution in [0.2, 0.25) is 0 Å². The first-order valence-electron chi connectivity index (χ1n) is 4.50. The summed E-state index contributed by atoms with van der Waals surface area (Å²) < 4.78 is 0. The van der Waals surface area contributed by atoms with Crippen LogP contribution >= 0.6 is 11.8 Å². The average molecular weight is 229 g/mol. The summed E-state index contributed by atoms with van der Waals surface area (Å²) in [6.45, 7) is 0. The summed E-state index contributed by atoms with van der Waals surface area (Å²) in [6.07, 6.45) is 0. The molecule has 0 saturated heterocycles. The van der Waals surface area contributed by atoms with Gasteiger partial charge in [-0.25, -0.2) is 0 Å². The molecular weight excluding hydrogens is 217 g/mol. The molecule has 2 nitrogen and oxygen atoms in total. The Morgan fingerprint density at radius 2 is 1.00 bits per heavy atom. The van der Waals surface area contributed by atoms with E-state index in [0.717, 1.165) is 9.79 Å². The first kappa shape index (κ1) is 12.6. The van der Waals surface area contributed by atoms with Crippen LogP contribution in [0.15, 0.2) is 58.3 Å². The average Bonchev–Trinajstić information content (AvgIpc) is 2.25. The summed E-state index contributed by atoms with van der Waals surface area (Å²) >= 11 is 1.58. The van der Waals surface area contributed by atoms with Crippen molar-refractivity contribution in [2.24, 2.45) is 0 Å². The van der Waals surface area contributed by atoms with E-state index in [1.807, 2.05) is 24.3 Å². The van der Waals surface area contributed by atoms with Crippen molar-refractivity contribution >= 4 is 21.9 Å². The zero-order valence-corrected chi connectivity index (χ0v) is 9.45. The maximum Gasteiger partial charge on any atom is 2.00 e. The van der Waals surface area contributed by atoms with Crippen molar-refractivity contribution < 1.29 is 13.1 Å². The van der Waals surface area contributed by atoms with Crippen LogP contribution in [0, 0.1) is 0 Å². The van der Waals surface area contributed by atoms with E-state index >= 15 is 0 Å². The normalized spacial score (nSPS) is 9.50. The third kappa shape index (κ3) is 3.30.